The number of amides is 2. The summed E-state index contributed by atoms with van der Waals surface area (Å²) in [7, 11) is 0. The van der Waals surface area contributed by atoms with Gasteiger partial charge < -0.3 is 15.4 Å². The molecule has 5 nitrogen and oxygen atoms in total. The number of ether oxygens (including phenoxy) is 1. The Kier molecular flexibility index (Phi) is 5.77. The molecule has 1 aliphatic rings. The number of nitrogens with zero attached hydrogens (tertiary/aromatic N) is 1. The Morgan fingerprint density at radius 2 is 2.05 bits per heavy atom. The maximum atomic E-state index is 11.9. The molecular formula is C17H27N3O2. The molecule has 0 aliphatic carbocycles. The lowest BCUT2D eigenvalue weighted by atomic mass is 9.78. The van der Waals surface area contributed by atoms with Crippen LogP contribution in [0.5, 0.6) is 0 Å². The van der Waals surface area contributed by atoms with Crippen molar-refractivity contribution in [1.82, 2.24) is 15.6 Å². The minimum absolute atomic E-state index is 0.0975. The zero-order valence-electron chi connectivity index (χ0n) is 13.8. The Hall–Kier alpha value is -1.62. The lowest BCUT2D eigenvalue weighted by molar-refractivity contribution is -0.0837. The highest BCUT2D eigenvalue weighted by molar-refractivity contribution is 5.73. The maximum absolute atomic E-state index is 11.9. The zero-order chi connectivity index (χ0) is 16.0. The summed E-state index contributed by atoms with van der Waals surface area (Å²) in [5.41, 5.74) is 1.14. The molecule has 0 aromatic carbocycles. The zero-order valence-corrected chi connectivity index (χ0v) is 13.8. The average Bonchev–Trinajstić information content (AvgIpc) is 2.51. The molecule has 22 heavy (non-hydrogen) atoms. The molecule has 1 aromatic heterocycles. The summed E-state index contributed by atoms with van der Waals surface area (Å²) in [4.78, 5) is 15.9. The van der Waals surface area contributed by atoms with Crippen LogP contribution < -0.4 is 10.6 Å². The van der Waals surface area contributed by atoms with Crippen molar-refractivity contribution in [1.29, 1.82) is 0 Å². The molecule has 2 amide bonds. The van der Waals surface area contributed by atoms with E-state index < -0.39 is 0 Å². The number of carbonyl (C=O) groups excluding carboxylic acids is 1. The monoisotopic (exact) mass is 305 g/mol. The molecule has 0 saturated carbocycles. The molecule has 0 bridgehead atoms. The third-order valence-electron chi connectivity index (χ3n) is 4.03. The van der Waals surface area contributed by atoms with Crippen LogP contribution in [0.3, 0.4) is 0 Å². The van der Waals surface area contributed by atoms with E-state index in [0.29, 0.717) is 19.0 Å². The van der Waals surface area contributed by atoms with Crippen molar-refractivity contribution >= 4 is 6.03 Å². The SMILES string of the molecule is CC(C)(C)C1OCCCC1CNC(=O)NCc1ccncc1. The summed E-state index contributed by atoms with van der Waals surface area (Å²) in [6, 6.07) is 3.66. The number of rotatable bonds is 4. The molecule has 2 atom stereocenters. The first kappa shape index (κ1) is 16.7. The molecule has 0 spiro atoms. The van der Waals surface area contributed by atoms with Gasteiger partial charge in [0.05, 0.1) is 6.10 Å². The van der Waals surface area contributed by atoms with Gasteiger partial charge >= 0.3 is 6.03 Å². The van der Waals surface area contributed by atoms with E-state index in [4.69, 9.17) is 4.74 Å². The minimum atomic E-state index is -0.130. The van der Waals surface area contributed by atoms with Crippen LogP contribution in [0.25, 0.3) is 0 Å². The molecule has 2 rings (SSSR count). The number of urea groups is 1. The number of aromatic nitrogens is 1. The first-order chi connectivity index (χ1) is 10.5. The van der Waals surface area contributed by atoms with Gasteiger partial charge in [-0.15, -0.1) is 0 Å². The Morgan fingerprint density at radius 3 is 2.73 bits per heavy atom. The first-order valence-electron chi connectivity index (χ1n) is 7.99. The molecule has 122 valence electrons. The van der Waals surface area contributed by atoms with Crippen molar-refractivity contribution in [3.8, 4) is 0 Å². The number of nitrogens with one attached hydrogen (secondary N) is 2. The number of carbonyl (C=O) groups is 1. The summed E-state index contributed by atoms with van der Waals surface area (Å²) in [5.74, 6) is 0.375. The number of pyridine rings is 1. The normalized spacial score (nSPS) is 22.1. The summed E-state index contributed by atoms with van der Waals surface area (Å²) >= 11 is 0. The molecule has 1 aromatic rings. The Balaban J connectivity index is 1.77. The van der Waals surface area contributed by atoms with Crippen LogP contribution in [0.2, 0.25) is 0 Å². The van der Waals surface area contributed by atoms with Crippen molar-refractivity contribution in [3.05, 3.63) is 30.1 Å². The van der Waals surface area contributed by atoms with Crippen molar-refractivity contribution in [2.24, 2.45) is 11.3 Å². The van der Waals surface area contributed by atoms with Gasteiger partial charge in [0.2, 0.25) is 0 Å². The van der Waals surface area contributed by atoms with E-state index in [1.54, 1.807) is 12.4 Å². The van der Waals surface area contributed by atoms with Gasteiger partial charge in [-0.25, -0.2) is 4.79 Å². The molecule has 1 fully saturated rings. The van der Waals surface area contributed by atoms with Gasteiger partial charge in [0.1, 0.15) is 0 Å². The average molecular weight is 305 g/mol. The summed E-state index contributed by atoms with van der Waals surface area (Å²) in [6.07, 6.45) is 5.82. The van der Waals surface area contributed by atoms with Crippen LogP contribution in [0.4, 0.5) is 4.79 Å². The van der Waals surface area contributed by atoms with Gasteiger partial charge in [-0.1, -0.05) is 20.8 Å². The van der Waals surface area contributed by atoms with Crippen LogP contribution in [-0.2, 0) is 11.3 Å². The maximum Gasteiger partial charge on any atom is 0.315 e. The van der Waals surface area contributed by atoms with E-state index >= 15 is 0 Å². The Morgan fingerprint density at radius 1 is 1.32 bits per heavy atom. The van der Waals surface area contributed by atoms with Crippen LogP contribution in [-0.4, -0.2) is 30.3 Å². The highest BCUT2D eigenvalue weighted by Gasteiger charge is 2.35. The molecule has 2 unspecified atom stereocenters. The van der Waals surface area contributed by atoms with Gasteiger partial charge in [0.25, 0.3) is 0 Å². The van der Waals surface area contributed by atoms with Gasteiger partial charge in [-0.05, 0) is 36.0 Å². The standard InChI is InChI=1S/C17H27N3O2/c1-17(2,3)15-14(5-4-10-22-15)12-20-16(21)19-11-13-6-8-18-9-7-13/h6-9,14-15H,4-5,10-12H2,1-3H3,(H2,19,20,21). The van der Waals surface area contributed by atoms with Crippen LogP contribution in [0.1, 0.15) is 39.2 Å². The van der Waals surface area contributed by atoms with E-state index in [-0.39, 0.29) is 17.6 Å². The van der Waals surface area contributed by atoms with E-state index in [1.165, 1.54) is 0 Å². The molecular weight excluding hydrogens is 278 g/mol. The van der Waals surface area contributed by atoms with Crippen molar-refractivity contribution in [2.75, 3.05) is 13.2 Å². The highest BCUT2D eigenvalue weighted by atomic mass is 16.5. The third kappa shape index (κ3) is 4.98. The predicted molar refractivity (Wildman–Crippen MR) is 86.4 cm³/mol. The fourth-order valence-electron chi connectivity index (χ4n) is 2.98. The second-order valence-electron chi connectivity index (χ2n) is 6.98. The summed E-state index contributed by atoms with van der Waals surface area (Å²) in [6.45, 7) is 8.58. The van der Waals surface area contributed by atoms with Crippen LogP contribution >= 0.6 is 0 Å². The number of hydrogen-bond acceptors (Lipinski definition) is 3. The van der Waals surface area contributed by atoms with E-state index in [9.17, 15) is 4.79 Å². The van der Waals surface area contributed by atoms with Gasteiger partial charge in [0.15, 0.2) is 0 Å². The predicted octanol–water partition coefficient (Wildman–Crippen LogP) is 2.72. The van der Waals surface area contributed by atoms with E-state index in [2.05, 4.69) is 36.4 Å². The fraction of sp³-hybridized carbons (Fsp3) is 0.647. The fourth-order valence-corrected chi connectivity index (χ4v) is 2.98. The first-order valence-corrected chi connectivity index (χ1v) is 7.99. The largest absolute Gasteiger partial charge is 0.377 e. The second kappa shape index (κ2) is 7.58. The number of hydrogen-bond donors (Lipinski definition) is 2. The molecule has 5 heteroatoms. The van der Waals surface area contributed by atoms with Gasteiger partial charge in [-0.2, -0.15) is 0 Å². The lowest BCUT2D eigenvalue weighted by Gasteiger charge is -2.40. The summed E-state index contributed by atoms with van der Waals surface area (Å²) < 4.78 is 5.94. The van der Waals surface area contributed by atoms with Gasteiger partial charge in [-0.3, -0.25) is 4.98 Å². The van der Waals surface area contributed by atoms with Crippen molar-refractivity contribution in [3.63, 3.8) is 0 Å². The van der Waals surface area contributed by atoms with Gasteiger partial charge in [0, 0.05) is 38.0 Å². The van der Waals surface area contributed by atoms with Crippen molar-refractivity contribution in [2.45, 2.75) is 46.3 Å². The molecule has 2 N–H and O–H groups in total. The van der Waals surface area contributed by atoms with E-state index in [1.807, 2.05) is 12.1 Å². The summed E-state index contributed by atoms with van der Waals surface area (Å²) in [5, 5.41) is 5.85. The Bertz CT molecular complexity index is 471. The minimum Gasteiger partial charge on any atom is -0.377 e. The molecule has 1 aliphatic heterocycles. The molecule has 0 radical (unpaired) electrons. The van der Waals surface area contributed by atoms with Crippen molar-refractivity contribution < 1.29 is 9.53 Å². The van der Waals surface area contributed by atoms with E-state index in [0.717, 1.165) is 25.0 Å². The lowest BCUT2D eigenvalue weighted by Crippen LogP contribution is -2.46. The van der Waals surface area contributed by atoms with Crippen LogP contribution in [0.15, 0.2) is 24.5 Å². The van der Waals surface area contributed by atoms with Crippen LogP contribution in [0, 0.1) is 11.3 Å². The quantitative estimate of drug-likeness (QED) is 0.899. The highest BCUT2D eigenvalue weighted by Crippen LogP contribution is 2.33. The molecule has 1 saturated heterocycles. The topological polar surface area (TPSA) is 63.2 Å². The Labute approximate surface area is 132 Å². The third-order valence-corrected chi connectivity index (χ3v) is 4.03. The smallest absolute Gasteiger partial charge is 0.315 e. The second-order valence-corrected chi connectivity index (χ2v) is 6.98. The molecule has 2 heterocycles.